The molecule has 3 unspecified atom stereocenters. The Kier molecular flexibility index (Phi) is 4.22. The lowest BCUT2D eigenvalue weighted by molar-refractivity contribution is -0.146. The predicted molar refractivity (Wildman–Crippen MR) is 73.2 cm³/mol. The molecule has 1 aliphatic heterocycles. The fourth-order valence-electron chi connectivity index (χ4n) is 2.77. The molecule has 19 heavy (non-hydrogen) atoms. The number of ether oxygens (including phenoxy) is 1. The predicted octanol–water partition coefficient (Wildman–Crippen LogP) is 2.09. The van der Waals surface area contributed by atoms with Gasteiger partial charge in [0.1, 0.15) is 6.04 Å². The first-order valence-electron chi connectivity index (χ1n) is 6.65. The average Bonchev–Trinajstić information content (AvgIpc) is 2.44. The van der Waals surface area contributed by atoms with Gasteiger partial charge in [0.2, 0.25) is 0 Å². The summed E-state index contributed by atoms with van der Waals surface area (Å²) in [7, 11) is 1.66. The highest BCUT2D eigenvalue weighted by Crippen LogP contribution is 2.32. The number of hydrogen-bond acceptors (Lipinski definition) is 3. The number of aliphatic carboxylic acids is 1. The molecule has 1 aromatic carbocycles. The number of methoxy groups -OCH3 is 1. The summed E-state index contributed by atoms with van der Waals surface area (Å²) in [6, 6.07) is 7.31. The van der Waals surface area contributed by atoms with E-state index in [1.165, 1.54) is 0 Å². The Morgan fingerprint density at radius 1 is 1.42 bits per heavy atom. The molecule has 2 rings (SSSR count). The van der Waals surface area contributed by atoms with Crippen molar-refractivity contribution in [2.75, 3.05) is 13.7 Å². The molecule has 4 heteroatoms. The first kappa shape index (κ1) is 14.0. The number of carboxylic acid groups (broad SMARTS) is 1. The second-order valence-electron chi connectivity index (χ2n) is 5.11. The molecule has 0 saturated heterocycles. The molecule has 0 aromatic heterocycles. The maximum absolute atomic E-state index is 11.7. The van der Waals surface area contributed by atoms with Crippen LogP contribution < -0.4 is 0 Å². The standard InChI is InChI=1S/C15H21NO3/c1-10(11(2)19-3)16-9-8-12-6-4-5-7-13(12)14(16)15(17)18/h4-7,10-11,14H,8-9H2,1-3H3,(H,17,18). The number of rotatable bonds is 4. The zero-order chi connectivity index (χ0) is 14.0. The van der Waals surface area contributed by atoms with Crippen molar-refractivity contribution >= 4 is 5.97 Å². The van der Waals surface area contributed by atoms with Crippen molar-refractivity contribution in [3.8, 4) is 0 Å². The van der Waals surface area contributed by atoms with E-state index >= 15 is 0 Å². The van der Waals surface area contributed by atoms with Crippen molar-refractivity contribution < 1.29 is 14.6 Å². The van der Waals surface area contributed by atoms with Gasteiger partial charge in [-0.15, -0.1) is 0 Å². The lowest BCUT2D eigenvalue weighted by atomic mass is 9.91. The van der Waals surface area contributed by atoms with Crippen molar-refractivity contribution in [3.05, 3.63) is 35.4 Å². The lowest BCUT2D eigenvalue weighted by Gasteiger charge is -2.40. The molecule has 1 aliphatic rings. The van der Waals surface area contributed by atoms with Gasteiger partial charge in [0.05, 0.1) is 6.10 Å². The minimum absolute atomic E-state index is 0.00659. The second kappa shape index (κ2) is 5.72. The van der Waals surface area contributed by atoms with E-state index in [1.54, 1.807) is 7.11 Å². The zero-order valence-electron chi connectivity index (χ0n) is 11.7. The normalized spacial score (nSPS) is 22.6. The Bertz CT molecular complexity index is 460. The van der Waals surface area contributed by atoms with Crippen LogP contribution in [-0.4, -0.2) is 41.8 Å². The molecular formula is C15H21NO3. The highest BCUT2D eigenvalue weighted by Gasteiger charge is 2.36. The van der Waals surface area contributed by atoms with E-state index in [9.17, 15) is 9.90 Å². The molecule has 1 heterocycles. The summed E-state index contributed by atoms with van der Waals surface area (Å²) < 4.78 is 5.35. The zero-order valence-corrected chi connectivity index (χ0v) is 11.7. The Balaban J connectivity index is 2.35. The molecule has 0 fully saturated rings. The summed E-state index contributed by atoms with van der Waals surface area (Å²) in [5.41, 5.74) is 2.06. The Labute approximate surface area is 114 Å². The first-order chi connectivity index (χ1) is 9.06. The molecule has 4 nitrogen and oxygen atoms in total. The highest BCUT2D eigenvalue weighted by molar-refractivity contribution is 5.76. The third-order valence-electron chi connectivity index (χ3n) is 4.13. The molecule has 0 bridgehead atoms. The van der Waals surface area contributed by atoms with Crippen molar-refractivity contribution in [2.24, 2.45) is 0 Å². The van der Waals surface area contributed by atoms with Gasteiger partial charge in [0.25, 0.3) is 0 Å². The van der Waals surface area contributed by atoms with Crippen LogP contribution >= 0.6 is 0 Å². The maximum atomic E-state index is 11.7. The summed E-state index contributed by atoms with van der Waals surface area (Å²) in [6.07, 6.45) is 0.896. The van der Waals surface area contributed by atoms with Gasteiger partial charge in [0.15, 0.2) is 0 Å². The van der Waals surface area contributed by atoms with Gasteiger partial charge in [0, 0.05) is 19.7 Å². The van der Waals surface area contributed by atoms with Crippen molar-refractivity contribution in [1.29, 1.82) is 0 Å². The number of hydrogen-bond donors (Lipinski definition) is 1. The highest BCUT2D eigenvalue weighted by atomic mass is 16.5. The smallest absolute Gasteiger partial charge is 0.325 e. The average molecular weight is 263 g/mol. The molecule has 0 aliphatic carbocycles. The van der Waals surface area contributed by atoms with Gasteiger partial charge < -0.3 is 9.84 Å². The largest absolute Gasteiger partial charge is 0.480 e. The summed E-state index contributed by atoms with van der Waals surface area (Å²) in [5.74, 6) is -0.790. The molecule has 0 radical (unpaired) electrons. The number of carbonyl (C=O) groups is 1. The first-order valence-corrected chi connectivity index (χ1v) is 6.65. The van der Waals surface area contributed by atoms with Gasteiger partial charge >= 0.3 is 5.97 Å². The SMILES string of the molecule is COC(C)C(C)N1CCc2ccccc2C1C(=O)O. The van der Waals surface area contributed by atoms with E-state index in [0.717, 1.165) is 24.1 Å². The third kappa shape index (κ3) is 2.65. The van der Waals surface area contributed by atoms with Crippen LogP contribution in [0.3, 0.4) is 0 Å². The molecular weight excluding hydrogens is 242 g/mol. The molecule has 0 spiro atoms. The van der Waals surface area contributed by atoms with Crippen LogP contribution in [0.2, 0.25) is 0 Å². The molecule has 104 valence electrons. The van der Waals surface area contributed by atoms with Crippen LogP contribution in [0.1, 0.15) is 31.0 Å². The monoisotopic (exact) mass is 263 g/mol. The van der Waals surface area contributed by atoms with Crippen LogP contribution in [0.4, 0.5) is 0 Å². The van der Waals surface area contributed by atoms with Gasteiger partial charge in [-0.2, -0.15) is 0 Å². The van der Waals surface area contributed by atoms with E-state index in [2.05, 4.69) is 0 Å². The molecule has 0 amide bonds. The van der Waals surface area contributed by atoms with Crippen molar-refractivity contribution in [3.63, 3.8) is 0 Å². The summed E-state index contributed by atoms with van der Waals surface area (Å²) in [6.45, 7) is 4.75. The fraction of sp³-hybridized carbons (Fsp3) is 0.533. The van der Waals surface area contributed by atoms with E-state index in [4.69, 9.17) is 4.74 Å². The summed E-state index contributed by atoms with van der Waals surface area (Å²) >= 11 is 0. The van der Waals surface area contributed by atoms with Gasteiger partial charge in [-0.25, -0.2) is 0 Å². The van der Waals surface area contributed by atoms with Crippen molar-refractivity contribution in [2.45, 2.75) is 38.5 Å². The number of nitrogens with zero attached hydrogens (tertiary/aromatic N) is 1. The van der Waals surface area contributed by atoms with Crippen LogP contribution in [0.25, 0.3) is 0 Å². The van der Waals surface area contributed by atoms with Gasteiger partial charge in [-0.3, -0.25) is 9.69 Å². The van der Waals surface area contributed by atoms with E-state index in [1.807, 2.05) is 43.0 Å². The van der Waals surface area contributed by atoms with Crippen LogP contribution in [-0.2, 0) is 16.0 Å². The molecule has 0 saturated carbocycles. The maximum Gasteiger partial charge on any atom is 0.325 e. The Morgan fingerprint density at radius 2 is 2.11 bits per heavy atom. The quantitative estimate of drug-likeness (QED) is 0.903. The minimum Gasteiger partial charge on any atom is -0.480 e. The van der Waals surface area contributed by atoms with Crippen LogP contribution in [0.15, 0.2) is 24.3 Å². The minimum atomic E-state index is -0.790. The topological polar surface area (TPSA) is 49.8 Å². The summed E-state index contributed by atoms with van der Waals surface area (Å²) in [4.78, 5) is 13.7. The number of carboxylic acids is 1. The molecule has 3 atom stereocenters. The number of benzene rings is 1. The van der Waals surface area contributed by atoms with Gasteiger partial charge in [-0.05, 0) is 31.4 Å². The van der Waals surface area contributed by atoms with Crippen LogP contribution in [0, 0.1) is 0 Å². The Hall–Kier alpha value is -1.39. The third-order valence-corrected chi connectivity index (χ3v) is 4.13. The Morgan fingerprint density at radius 3 is 2.74 bits per heavy atom. The van der Waals surface area contributed by atoms with Gasteiger partial charge in [-0.1, -0.05) is 24.3 Å². The van der Waals surface area contributed by atoms with E-state index in [-0.39, 0.29) is 12.1 Å². The van der Waals surface area contributed by atoms with Crippen LogP contribution in [0.5, 0.6) is 0 Å². The van der Waals surface area contributed by atoms with E-state index in [0.29, 0.717) is 0 Å². The lowest BCUT2D eigenvalue weighted by Crippen LogP contribution is -2.49. The summed E-state index contributed by atoms with van der Waals surface area (Å²) in [5, 5.41) is 9.58. The van der Waals surface area contributed by atoms with E-state index < -0.39 is 12.0 Å². The number of fused-ring (bicyclic) bond motifs is 1. The van der Waals surface area contributed by atoms with Crippen molar-refractivity contribution in [1.82, 2.24) is 4.90 Å². The molecule has 1 aromatic rings. The molecule has 1 N–H and O–H groups in total. The second-order valence-corrected chi connectivity index (χ2v) is 5.11. The fourth-order valence-corrected chi connectivity index (χ4v) is 2.77.